The first-order valence-corrected chi connectivity index (χ1v) is 6.77. The largest absolute Gasteiger partial charge is 0.391 e. The van der Waals surface area contributed by atoms with Crippen LogP contribution in [0.4, 0.5) is 0 Å². The summed E-state index contributed by atoms with van der Waals surface area (Å²) in [5.74, 6) is -0.113. The molecule has 1 amide bonds. The summed E-state index contributed by atoms with van der Waals surface area (Å²) in [6, 6.07) is 9.03. The van der Waals surface area contributed by atoms with E-state index in [1.54, 1.807) is 0 Å². The van der Waals surface area contributed by atoms with Gasteiger partial charge in [0, 0.05) is 13.0 Å². The molecule has 4 nitrogen and oxygen atoms in total. The molecule has 104 valence electrons. The standard InChI is InChI=1S/C14H20N2O2S/c1-2-9-18-10-8-12(17)16-13(14(15)19)11-6-4-3-5-7-11/h3-7,13H,2,8-10H2,1H3,(H2,15,19)(H,16,17). The van der Waals surface area contributed by atoms with E-state index in [-0.39, 0.29) is 10.9 Å². The lowest BCUT2D eigenvalue weighted by Gasteiger charge is -2.17. The van der Waals surface area contributed by atoms with Crippen molar-refractivity contribution in [3.8, 4) is 0 Å². The number of hydrogen-bond acceptors (Lipinski definition) is 3. The number of carbonyl (C=O) groups is 1. The Hall–Kier alpha value is -1.46. The van der Waals surface area contributed by atoms with E-state index in [1.165, 1.54) is 0 Å². The zero-order chi connectivity index (χ0) is 14.1. The fourth-order valence-corrected chi connectivity index (χ4v) is 1.80. The van der Waals surface area contributed by atoms with Gasteiger partial charge in [0.1, 0.15) is 11.0 Å². The van der Waals surface area contributed by atoms with Gasteiger partial charge in [0.05, 0.1) is 6.61 Å². The van der Waals surface area contributed by atoms with Crippen molar-refractivity contribution in [1.82, 2.24) is 5.32 Å². The molecule has 1 aromatic carbocycles. The van der Waals surface area contributed by atoms with Crippen LogP contribution < -0.4 is 11.1 Å². The lowest BCUT2D eigenvalue weighted by atomic mass is 10.1. The Kier molecular flexibility index (Phi) is 7.07. The minimum atomic E-state index is -0.421. The second kappa shape index (κ2) is 8.61. The Bertz CT molecular complexity index is 409. The molecular formula is C14H20N2O2S. The van der Waals surface area contributed by atoms with Gasteiger partial charge in [-0.3, -0.25) is 4.79 Å². The molecule has 0 saturated carbocycles. The maximum atomic E-state index is 11.8. The van der Waals surface area contributed by atoms with Crippen LogP contribution in [-0.2, 0) is 9.53 Å². The van der Waals surface area contributed by atoms with Crippen molar-refractivity contribution in [2.75, 3.05) is 13.2 Å². The molecule has 0 bridgehead atoms. The first-order valence-electron chi connectivity index (χ1n) is 6.36. The minimum absolute atomic E-state index is 0.113. The van der Waals surface area contributed by atoms with E-state index < -0.39 is 6.04 Å². The molecule has 5 heteroatoms. The van der Waals surface area contributed by atoms with Gasteiger partial charge in [0.15, 0.2) is 0 Å². The molecule has 1 aromatic rings. The van der Waals surface area contributed by atoms with Gasteiger partial charge in [-0.25, -0.2) is 0 Å². The summed E-state index contributed by atoms with van der Waals surface area (Å²) in [5, 5.41) is 2.82. The third-order valence-electron chi connectivity index (χ3n) is 2.54. The van der Waals surface area contributed by atoms with Crippen molar-refractivity contribution in [2.45, 2.75) is 25.8 Å². The highest BCUT2D eigenvalue weighted by Crippen LogP contribution is 2.12. The van der Waals surface area contributed by atoms with Gasteiger partial charge in [-0.1, -0.05) is 49.5 Å². The molecule has 1 unspecified atom stereocenters. The monoisotopic (exact) mass is 280 g/mol. The third-order valence-corrected chi connectivity index (χ3v) is 2.78. The second-order valence-corrected chi connectivity index (χ2v) is 4.65. The van der Waals surface area contributed by atoms with Crippen LogP contribution in [0.5, 0.6) is 0 Å². The summed E-state index contributed by atoms with van der Waals surface area (Å²) < 4.78 is 5.28. The maximum absolute atomic E-state index is 11.8. The average Bonchev–Trinajstić information content (AvgIpc) is 2.41. The highest BCUT2D eigenvalue weighted by atomic mass is 32.1. The van der Waals surface area contributed by atoms with E-state index in [4.69, 9.17) is 22.7 Å². The van der Waals surface area contributed by atoms with Crippen molar-refractivity contribution < 1.29 is 9.53 Å². The molecule has 0 aliphatic carbocycles. The highest BCUT2D eigenvalue weighted by molar-refractivity contribution is 7.80. The topological polar surface area (TPSA) is 64.3 Å². The molecule has 19 heavy (non-hydrogen) atoms. The first-order chi connectivity index (χ1) is 9.15. The Morgan fingerprint density at radius 1 is 1.37 bits per heavy atom. The van der Waals surface area contributed by atoms with Gasteiger partial charge >= 0.3 is 0 Å². The zero-order valence-electron chi connectivity index (χ0n) is 11.1. The quantitative estimate of drug-likeness (QED) is 0.564. The molecule has 0 aliphatic rings. The van der Waals surface area contributed by atoms with E-state index in [0.29, 0.717) is 19.6 Å². The molecule has 0 saturated heterocycles. The molecule has 1 rings (SSSR count). The predicted octanol–water partition coefficient (Wildman–Crippen LogP) is 1.95. The number of hydrogen-bond donors (Lipinski definition) is 2. The van der Waals surface area contributed by atoms with E-state index in [2.05, 4.69) is 5.32 Å². The van der Waals surface area contributed by atoms with Crippen LogP contribution in [0, 0.1) is 0 Å². The number of thiocarbonyl (C=S) groups is 1. The van der Waals surface area contributed by atoms with E-state index in [0.717, 1.165) is 12.0 Å². The molecule has 0 radical (unpaired) electrons. The zero-order valence-corrected chi connectivity index (χ0v) is 11.9. The average molecular weight is 280 g/mol. The van der Waals surface area contributed by atoms with Crippen molar-refractivity contribution in [3.05, 3.63) is 35.9 Å². The molecular weight excluding hydrogens is 260 g/mol. The molecule has 0 heterocycles. The van der Waals surface area contributed by atoms with Crippen molar-refractivity contribution >= 4 is 23.1 Å². The number of nitrogens with two attached hydrogens (primary N) is 1. The number of carbonyl (C=O) groups excluding carboxylic acids is 1. The maximum Gasteiger partial charge on any atom is 0.223 e. The predicted molar refractivity (Wildman–Crippen MR) is 79.8 cm³/mol. The Balaban J connectivity index is 2.51. The van der Waals surface area contributed by atoms with Gasteiger partial charge in [-0.15, -0.1) is 0 Å². The van der Waals surface area contributed by atoms with Crippen molar-refractivity contribution in [2.24, 2.45) is 5.73 Å². The molecule has 0 aliphatic heterocycles. The molecule has 0 fully saturated rings. The number of ether oxygens (including phenoxy) is 1. The Morgan fingerprint density at radius 3 is 2.63 bits per heavy atom. The van der Waals surface area contributed by atoms with Gasteiger partial charge in [-0.05, 0) is 12.0 Å². The summed E-state index contributed by atoms with van der Waals surface area (Å²) in [6.45, 7) is 3.11. The van der Waals surface area contributed by atoms with Crippen LogP contribution in [0.1, 0.15) is 31.4 Å². The number of nitrogens with one attached hydrogen (secondary N) is 1. The second-order valence-electron chi connectivity index (χ2n) is 4.18. The first kappa shape index (κ1) is 15.6. The van der Waals surface area contributed by atoms with Crippen LogP contribution in [0.15, 0.2) is 30.3 Å². The summed E-state index contributed by atoms with van der Waals surface area (Å²) >= 11 is 5.00. The SMILES string of the molecule is CCCOCCC(=O)NC(C(N)=S)c1ccccc1. The van der Waals surface area contributed by atoms with Gasteiger partial charge in [-0.2, -0.15) is 0 Å². The molecule has 0 aromatic heterocycles. The van der Waals surface area contributed by atoms with E-state index in [9.17, 15) is 4.79 Å². The van der Waals surface area contributed by atoms with E-state index in [1.807, 2.05) is 37.3 Å². The Morgan fingerprint density at radius 2 is 2.05 bits per heavy atom. The van der Waals surface area contributed by atoms with Crippen LogP contribution >= 0.6 is 12.2 Å². The highest BCUT2D eigenvalue weighted by Gasteiger charge is 2.16. The van der Waals surface area contributed by atoms with Crippen molar-refractivity contribution in [3.63, 3.8) is 0 Å². The summed E-state index contributed by atoms with van der Waals surface area (Å²) in [6.07, 6.45) is 1.26. The van der Waals surface area contributed by atoms with E-state index >= 15 is 0 Å². The third kappa shape index (κ3) is 5.81. The number of amides is 1. The van der Waals surface area contributed by atoms with Gasteiger partial charge in [0.25, 0.3) is 0 Å². The molecule has 3 N–H and O–H groups in total. The summed E-state index contributed by atoms with van der Waals surface area (Å²) in [5.41, 5.74) is 6.57. The van der Waals surface area contributed by atoms with Crippen LogP contribution in [0.2, 0.25) is 0 Å². The lowest BCUT2D eigenvalue weighted by Crippen LogP contribution is -2.36. The van der Waals surface area contributed by atoms with Crippen molar-refractivity contribution in [1.29, 1.82) is 0 Å². The molecule has 0 spiro atoms. The lowest BCUT2D eigenvalue weighted by molar-refractivity contribution is -0.122. The fraction of sp³-hybridized carbons (Fsp3) is 0.429. The van der Waals surface area contributed by atoms with Crippen LogP contribution in [0.25, 0.3) is 0 Å². The fourth-order valence-electron chi connectivity index (χ4n) is 1.61. The van der Waals surface area contributed by atoms with Gasteiger partial charge in [0.2, 0.25) is 5.91 Å². The van der Waals surface area contributed by atoms with Crippen LogP contribution in [-0.4, -0.2) is 24.1 Å². The number of rotatable bonds is 8. The number of benzene rings is 1. The summed E-state index contributed by atoms with van der Waals surface area (Å²) in [7, 11) is 0. The smallest absolute Gasteiger partial charge is 0.223 e. The minimum Gasteiger partial charge on any atom is -0.391 e. The normalized spacial score (nSPS) is 11.8. The molecule has 1 atom stereocenters. The Labute approximate surface area is 119 Å². The van der Waals surface area contributed by atoms with Gasteiger partial charge < -0.3 is 15.8 Å². The van der Waals surface area contributed by atoms with Crippen LogP contribution in [0.3, 0.4) is 0 Å². The summed E-state index contributed by atoms with van der Waals surface area (Å²) in [4.78, 5) is 12.0.